The molecule has 2 heterocycles. The first-order chi connectivity index (χ1) is 10.6. The molecule has 0 saturated carbocycles. The molecule has 1 aliphatic rings. The number of aromatic nitrogens is 3. The lowest BCUT2D eigenvalue weighted by Crippen LogP contribution is -2.26. The minimum atomic E-state index is -0.406. The van der Waals surface area contributed by atoms with Crippen molar-refractivity contribution in [3.63, 3.8) is 0 Å². The molecule has 0 radical (unpaired) electrons. The lowest BCUT2D eigenvalue weighted by molar-refractivity contribution is -0.145. The summed E-state index contributed by atoms with van der Waals surface area (Å²) in [5.74, 6) is -0.111. The van der Waals surface area contributed by atoms with Crippen LogP contribution in [0.3, 0.4) is 0 Å². The van der Waals surface area contributed by atoms with Crippen LogP contribution in [0.1, 0.15) is 6.42 Å². The third-order valence-corrected chi connectivity index (χ3v) is 3.79. The Morgan fingerprint density at radius 3 is 2.91 bits per heavy atom. The summed E-state index contributed by atoms with van der Waals surface area (Å²) in [5, 5.41) is 7.92. The van der Waals surface area contributed by atoms with E-state index in [9.17, 15) is 9.59 Å². The number of ether oxygens (including phenoxy) is 1. The van der Waals surface area contributed by atoms with Gasteiger partial charge in [-0.3, -0.25) is 9.59 Å². The molecule has 7 heteroatoms. The van der Waals surface area contributed by atoms with Crippen LogP contribution < -0.4 is 4.90 Å². The predicted molar refractivity (Wildman–Crippen MR) is 78.9 cm³/mol. The van der Waals surface area contributed by atoms with E-state index in [0.29, 0.717) is 6.54 Å². The van der Waals surface area contributed by atoms with Crippen molar-refractivity contribution in [2.45, 2.75) is 6.42 Å². The number of anilines is 1. The molecular weight excluding hydrogens is 284 g/mol. The monoisotopic (exact) mass is 300 g/mol. The Kier molecular flexibility index (Phi) is 3.62. The molecule has 1 fully saturated rings. The topological polar surface area (TPSA) is 77.3 Å². The van der Waals surface area contributed by atoms with Gasteiger partial charge in [0.25, 0.3) is 0 Å². The second kappa shape index (κ2) is 5.59. The maximum absolute atomic E-state index is 12.2. The molecule has 2 aromatic rings. The average Bonchev–Trinajstić information content (AvgIpc) is 3.12. The molecule has 1 saturated heterocycles. The molecule has 0 bridgehead atoms. The molecule has 3 rings (SSSR count). The Labute approximate surface area is 127 Å². The molecule has 114 valence electrons. The van der Waals surface area contributed by atoms with Gasteiger partial charge in [0, 0.05) is 31.3 Å². The molecule has 0 spiro atoms. The smallest absolute Gasteiger partial charge is 0.311 e. The van der Waals surface area contributed by atoms with Gasteiger partial charge in [0.2, 0.25) is 5.91 Å². The Balaban J connectivity index is 1.88. The summed E-state index contributed by atoms with van der Waals surface area (Å²) in [7, 11) is 3.19. The molecule has 1 unspecified atom stereocenters. The molecule has 22 heavy (non-hydrogen) atoms. The highest BCUT2D eigenvalue weighted by Crippen LogP contribution is 2.28. The molecule has 0 aliphatic carbocycles. The zero-order chi connectivity index (χ0) is 15.7. The predicted octanol–water partition coefficient (Wildman–Crippen LogP) is 1.01. The molecular formula is C15H16N4O3. The van der Waals surface area contributed by atoms with E-state index in [-0.39, 0.29) is 18.3 Å². The van der Waals surface area contributed by atoms with E-state index in [1.165, 1.54) is 7.11 Å². The maximum Gasteiger partial charge on any atom is 0.311 e. The SMILES string of the molecule is COC(=O)C1CC(=O)N(c2cccc(-c3nncn3C)c2)C1. The van der Waals surface area contributed by atoms with E-state index < -0.39 is 5.92 Å². The van der Waals surface area contributed by atoms with Crippen molar-refractivity contribution in [1.29, 1.82) is 0 Å². The molecule has 1 atom stereocenters. The van der Waals surface area contributed by atoms with E-state index in [4.69, 9.17) is 4.74 Å². The van der Waals surface area contributed by atoms with Crippen molar-refractivity contribution in [3.8, 4) is 11.4 Å². The number of hydrogen-bond donors (Lipinski definition) is 0. The van der Waals surface area contributed by atoms with Gasteiger partial charge in [-0.15, -0.1) is 10.2 Å². The zero-order valence-electron chi connectivity index (χ0n) is 12.4. The summed E-state index contributed by atoms with van der Waals surface area (Å²) in [4.78, 5) is 25.4. The summed E-state index contributed by atoms with van der Waals surface area (Å²) in [6.45, 7) is 0.341. The lowest BCUT2D eigenvalue weighted by Gasteiger charge is -2.17. The number of methoxy groups -OCH3 is 1. The van der Waals surface area contributed by atoms with Crippen molar-refractivity contribution in [1.82, 2.24) is 14.8 Å². The van der Waals surface area contributed by atoms with Gasteiger partial charge >= 0.3 is 5.97 Å². The number of nitrogens with zero attached hydrogens (tertiary/aromatic N) is 4. The fourth-order valence-electron chi connectivity index (χ4n) is 2.64. The van der Waals surface area contributed by atoms with Crippen LogP contribution in [0.15, 0.2) is 30.6 Å². The first-order valence-electron chi connectivity index (χ1n) is 6.92. The molecule has 1 aromatic heterocycles. The van der Waals surface area contributed by atoms with Crippen molar-refractivity contribution >= 4 is 17.6 Å². The Morgan fingerprint density at radius 1 is 1.41 bits per heavy atom. The third kappa shape index (κ3) is 2.45. The first kappa shape index (κ1) is 14.2. The maximum atomic E-state index is 12.2. The van der Waals surface area contributed by atoms with E-state index in [0.717, 1.165) is 17.1 Å². The Bertz CT molecular complexity index is 725. The van der Waals surface area contributed by atoms with Crippen LogP contribution in [0.5, 0.6) is 0 Å². The average molecular weight is 300 g/mol. The fourth-order valence-corrected chi connectivity index (χ4v) is 2.64. The number of benzene rings is 1. The van der Waals surface area contributed by atoms with Crippen LogP contribution in [-0.2, 0) is 21.4 Å². The van der Waals surface area contributed by atoms with Crippen molar-refractivity contribution in [2.75, 3.05) is 18.6 Å². The van der Waals surface area contributed by atoms with Crippen molar-refractivity contribution in [3.05, 3.63) is 30.6 Å². The van der Waals surface area contributed by atoms with Crippen molar-refractivity contribution < 1.29 is 14.3 Å². The van der Waals surface area contributed by atoms with Gasteiger partial charge in [-0.2, -0.15) is 0 Å². The number of hydrogen-bond acceptors (Lipinski definition) is 5. The quantitative estimate of drug-likeness (QED) is 0.791. The van der Waals surface area contributed by atoms with Crippen LogP contribution in [0.2, 0.25) is 0 Å². The van der Waals surface area contributed by atoms with Gasteiger partial charge in [0.15, 0.2) is 5.82 Å². The van der Waals surface area contributed by atoms with E-state index in [1.54, 1.807) is 11.2 Å². The molecule has 1 amide bonds. The number of amides is 1. The number of esters is 1. The number of aryl methyl sites for hydroxylation is 1. The van der Waals surface area contributed by atoms with E-state index in [1.807, 2.05) is 35.9 Å². The van der Waals surface area contributed by atoms with Gasteiger partial charge in [-0.1, -0.05) is 12.1 Å². The van der Waals surface area contributed by atoms with Crippen LogP contribution in [0.4, 0.5) is 5.69 Å². The number of carbonyl (C=O) groups is 2. The largest absolute Gasteiger partial charge is 0.469 e. The minimum Gasteiger partial charge on any atom is -0.469 e. The normalized spacial score (nSPS) is 17.8. The number of rotatable bonds is 3. The highest BCUT2D eigenvalue weighted by Gasteiger charge is 2.35. The van der Waals surface area contributed by atoms with Crippen molar-refractivity contribution in [2.24, 2.45) is 13.0 Å². The summed E-state index contributed by atoms with van der Waals surface area (Å²) in [5.41, 5.74) is 1.61. The molecule has 0 N–H and O–H groups in total. The minimum absolute atomic E-state index is 0.0782. The van der Waals surface area contributed by atoms with Crippen LogP contribution in [0, 0.1) is 5.92 Å². The van der Waals surface area contributed by atoms with Gasteiger partial charge in [0.1, 0.15) is 6.33 Å². The van der Waals surface area contributed by atoms with Gasteiger partial charge in [-0.05, 0) is 12.1 Å². The van der Waals surface area contributed by atoms with Gasteiger partial charge in [0.05, 0.1) is 13.0 Å². The fraction of sp³-hybridized carbons (Fsp3) is 0.333. The van der Waals surface area contributed by atoms with E-state index in [2.05, 4.69) is 10.2 Å². The number of carbonyl (C=O) groups excluding carboxylic acids is 2. The first-order valence-corrected chi connectivity index (χ1v) is 6.92. The summed E-state index contributed by atoms with van der Waals surface area (Å²) < 4.78 is 6.53. The zero-order valence-corrected chi connectivity index (χ0v) is 12.4. The van der Waals surface area contributed by atoms with Gasteiger partial charge < -0.3 is 14.2 Å². The summed E-state index contributed by atoms with van der Waals surface area (Å²) in [6.07, 6.45) is 1.80. The highest BCUT2D eigenvalue weighted by molar-refractivity contribution is 5.99. The standard InChI is InChI=1S/C15H16N4O3/c1-18-9-16-17-14(18)10-4-3-5-12(6-10)19-8-11(7-13(19)20)15(21)22-2/h3-6,9,11H,7-8H2,1-2H3. The Morgan fingerprint density at radius 2 is 2.23 bits per heavy atom. The summed E-state index contributed by atoms with van der Waals surface area (Å²) in [6, 6.07) is 7.49. The highest BCUT2D eigenvalue weighted by atomic mass is 16.5. The lowest BCUT2D eigenvalue weighted by atomic mass is 10.1. The van der Waals surface area contributed by atoms with Crippen LogP contribution in [-0.4, -0.2) is 40.3 Å². The second-order valence-corrected chi connectivity index (χ2v) is 5.24. The molecule has 7 nitrogen and oxygen atoms in total. The molecule has 1 aromatic carbocycles. The Hall–Kier alpha value is -2.70. The van der Waals surface area contributed by atoms with Crippen LogP contribution >= 0.6 is 0 Å². The second-order valence-electron chi connectivity index (χ2n) is 5.24. The third-order valence-electron chi connectivity index (χ3n) is 3.79. The van der Waals surface area contributed by atoms with E-state index >= 15 is 0 Å². The van der Waals surface area contributed by atoms with Gasteiger partial charge in [-0.25, -0.2) is 0 Å². The molecule has 1 aliphatic heterocycles. The van der Waals surface area contributed by atoms with Crippen LogP contribution in [0.25, 0.3) is 11.4 Å². The summed E-state index contributed by atoms with van der Waals surface area (Å²) >= 11 is 0.